The van der Waals surface area contributed by atoms with E-state index in [9.17, 15) is 9.90 Å². The number of amides is 1. The van der Waals surface area contributed by atoms with Gasteiger partial charge in [-0.05, 0) is 56.7 Å². The van der Waals surface area contributed by atoms with Crippen LogP contribution in [0, 0.1) is 17.2 Å². The monoisotopic (exact) mass is 370 g/mol. The fraction of sp³-hybridized carbons (Fsp3) is 0.619. The molecular weight excluding hydrogens is 340 g/mol. The Balaban J connectivity index is 1.33. The normalized spacial score (nSPS) is 23.6. The van der Waals surface area contributed by atoms with Crippen LogP contribution in [0.5, 0.6) is 5.75 Å². The van der Waals surface area contributed by atoms with Crippen molar-refractivity contribution in [3.05, 3.63) is 24.3 Å². The van der Waals surface area contributed by atoms with Crippen molar-refractivity contribution in [2.24, 2.45) is 5.92 Å². The molecule has 0 bridgehead atoms. The van der Waals surface area contributed by atoms with Crippen molar-refractivity contribution in [1.29, 1.82) is 5.26 Å². The topological polar surface area (TPSA) is 79.6 Å². The largest absolute Gasteiger partial charge is 0.508 e. The molecule has 1 saturated carbocycles. The first kappa shape index (κ1) is 19.5. The Morgan fingerprint density at radius 2 is 1.93 bits per heavy atom. The van der Waals surface area contributed by atoms with Crippen molar-refractivity contribution < 1.29 is 9.90 Å². The van der Waals surface area contributed by atoms with Gasteiger partial charge in [-0.3, -0.25) is 9.69 Å². The van der Waals surface area contributed by atoms with Crippen LogP contribution in [0.25, 0.3) is 0 Å². The van der Waals surface area contributed by atoms with Gasteiger partial charge in [-0.25, -0.2) is 0 Å². The number of hydrogen-bond donors (Lipinski definition) is 2. The van der Waals surface area contributed by atoms with E-state index in [0.717, 1.165) is 57.2 Å². The standard InChI is InChI=1S/C21H30N4O2/c22-10-8-21(27)23-18-6-4-17(5-7-18)9-11-24-12-14-25(15-13-24)19-2-1-3-20(26)16-19/h1-3,16-18,26H,4-9,11-15H2,(H,23,27)/t17-,18-. The van der Waals surface area contributed by atoms with Crippen LogP contribution in [-0.4, -0.2) is 54.7 Å². The van der Waals surface area contributed by atoms with Gasteiger partial charge in [0.15, 0.2) is 0 Å². The Kier molecular flexibility index (Phi) is 6.94. The molecule has 0 aromatic heterocycles. The van der Waals surface area contributed by atoms with Gasteiger partial charge in [-0.1, -0.05) is 6.07 Å². The molecule has 3 rings (SSSR count). The SMILES string of the molecule is N#CCC(=O)N[C@H]1CC[C@H](CCN2CCN(c3cccc(O)c3)CC2)CC1. The van der Waals surface area contributed by atoms with Gasteiger partial charge in [0, 0.05) is 44.0 Å². The molecule has 6 nitrogen and oxygen atoms in total. The molecule has 1 aliphatic heterocycles. The molecular formula is C21H30N4O2. The van der Waals surface area contributed by atoms with E-state index in [2.05, 4.69) is 21.2 Å². The first-order chi connectivity index (χ1) is 13.1. The van der Waals surface area contributed by atoms with Crippen LogP contribution in [0.4, 0.5) is 5.69 Å². The second kappa shape index (κ2) is 9.61. The van der Waals surface area contributed by atoms with E-state index in [0.29, 0.717) is 5.75 Å². The highest BCUT2D eigenvalue weighted by molar-refractivity contribution is 5.78. The average molecular weight is 370 g/mol. The number of phenolic OH excluding ortho intramolecular Hbond substituents is 1. The predicted molar refractivity (Wildman–Crippen MR) is 105 cm³/mol. The molecule has 1 aromatic carbocycles. The lowest BCUT2D eigenvalue weighted by Gasteiger charge is -2.37. The predicted octanol–water partition coefficient (Wildman–Crippen LogP) is 2.49. The minimum Gasteiger partial charge on any atom is -0.508 e. The lowest BCUT2D eigenvalue weighted by Crippen LogP contribution is -2.47. The lowest BCUT2D eigenvalue weighted by molar-refractivity contribution is -0.121. The molecule has 6 heteroatoms. The van der Waals surface area contributed by atoms with E-state index < -0.39 is 0 Å². The van der Waals surface area contributed by atoms with Crippen LogP contribution in [-0.2, 0) is 4.79 Å². The number of anilines is 1. The van der Waals surface area contributed by atoms with Crippen LogP contribution in [0.15, 0.2) is 24.3 Å². The van der Waals surface area contributed by atoms with Gasteiger partial charge in [-0.15, -0.1) is 0 Å². The maximum Gasteiger partial charge on any atom is 0.234 e. The van der Waals surface area contributed by atoms with Crippen molar-refractivity contribution >= 4 is 11.6 Å². The molecule has 1 amide bonds. The van der Waals surface area contributed by atoms with Crippen molar-refractivity contribution in [2.45, 2.75) is 44.6 Å². The zero-order valence-corrected chi connectivity index (χ0v) is 15.9. The minimum absolute atomic E-state index is 0.0332. The van der Waals surface area contributed by atoms with E-state index in [1.165, 1.54) is 19.3 Å². The Morgan fingerprint density at radius 3 is 2.59 bits per heavy atom. The first-order valence-corrected chi connectivity index (χ1v) is 10.1. The summed E-state index contributed by atoms with van der Waals surface area (Å²) in [6, 6.07) is 9.67. The number of carbonyl (C=O) groups is 1. The fourth-order valence-electron chi connectivity index (χ4n) is 4.23. The highest BCUT2D eigenvalue weighted by Crippen LogP contribution is 2.27. The molecule has 1 aromatic rings. The molecule has 2 N–H and O–H groups in total. The van der Waals surface area contributed by atoms with Crippen molar-refractivity contribution in [3.8, 4) is 11.8 Å². The number of hydrogen-bond acceptors (Lipinski definition) is 5. The summed E-state index contributed by atoms with van der Waals surface area (Å²) in [6.07, 6.45) is 5.60. The van der Waals surface area contributed by atoms with Crippen molar-refractivity contribution in [2.75, 3.05) is 37.6 Å². The average Bonchev–Trinajstić information content (AvgIpc) is 2.68. The molecule has 2 aliphatic rings. The van der Waals surface area contributed by atoms with Crippen molar-refractivity contribution in [3.63, 3.8) is 0 Å². The van der Waals surface area contributed by atoms with Crippen LogP contribution in [0.3, 0.4) is 0 Å². The third-order valence-electron chi connectivity index (χ3n) is 5.87. The number of carbonyl (C=O) groups excluding carboxylic acids is 1. The minimum atomic E-state index is -0.134. The molecule has 0 radical (unpaired) electrons. The highest BCUT2D eigenvalue weighted by Gasteiger charge is 2.24. The Labute approximate surface area is 161 Å². The van der Waals surface area contributed by atoms with Crippen molar-refractivity contribution in [1.82, 2.24) is 10.2 Å². The summed E-state index contributed by atoms with van der Waals surface area (Å²) < 4.78 is 0. The lowest BCUT2D eigenvalue weighted by atomic mass is 9.84. The summed E-state index contributed by atoms with van der Waals surface area (Å²) >= 11 is 0. The van der Waals surface area contributed by atoms with E-state index >= 15 is 0 Å². The molecule has 2 fully saturated rings. The van der Waals surface area contributed by atoms with Gasteiger partial charge in [0.25, 0.3) is 0 Å². The molecule has 0 unspecified atom stereocenters. The Morgan fingerprint density at radius 1 is 1.19 bits per heavy atom. The van der Waals surface area contributed by atoms with Gasteiger partial charge in [0.2, 0.25) is 5.91 Å². The number of nitriles is 1. The van der Waals surface area contributed by atoms with Gasteiger partial charge in [0.1, 0.15) is 12.2 Å². The van der Waals surface area contributed by atoms with Crippen LogP contribution >= 0.6 is 0 Å². The summed E-state index contributed by atoms with van der Waals surface area (Å²) in [5.74, 6) is 0.943. The quantitative estimate of drug-likeness (QED) is 0.804. The van der Waals surface area contributed by atoms with Gasteiger partial charge >= 0.3 is 0 Å². The zero-order chi connectivity index (χ0) is 19.1. The van der Waals surface area contributed by atoms with E-state index in [4.69, 9.17) is 5.26 Å². The van der Waals surface area contributed by atoms with Gasteiger partial charge in [0.05, 0.1) is 6.07 Å². The molecule has 0 atom stereocenters. The van der Waals surface area contributed by atoms with Gasteiger partial charge in [-0.2, -0.15) is 5.26 Å². The Bertz CT molecular complexity index is 656. The number of phenols is 1. The number of aromatic hydroxyl groups is 1. The second-order valence-electron chi connectivity index (χ2n) is 7.76. The molecule has 146 valence electrons. The number of nitrogens with one attached hydrogen (secondary N) is 1. The maximum absolute atomic E-state index is 11.5. The summed E-state index contributed by atoms with van der Waals surface area (Å²) in [6.45, 7) is 5.27. The first-order valence-electron chi connectivity index (χ1n) is 10.1. The third-order valence-corrected chi connectivity index (χ3v) is 5.87. The summed E-state index contributed by atoms with van der Waals surface area (Å²) in [5.41, 5.74) is 1.10. The zero-order valence-electron chi connectivity index (χ0n) is 15.9. The second-order valence-corrected chi connectivity index (χ2v) is 7.76. The van der Waals surface area contributed by atoms with E-state index in [1.54, 1.807) is 6.07 Å². The van der Waals surface area contributed by atoms with Gasteiger partial charge < -0.3 is 15.3 Å². The number of benzene rings is 1. The van der Waals surface area contributed by atoms with Crippen LogP contribution < -0.4 is 10.2 Å². The maximum atomic E-state index is 11.5. The summed E-state index contributed by atoms with van der Waals surface area (Å²) in [7, 11) is 0. The number of rotatable bonds is 6. The number of nitrogens with zero attached hydrogens (tertiary/aromatic N) is 3. The smallest absolute Gasteiger partial charge is 0.234 e. The third kappa shape index (κ3) is 5.86. The van der Waals surface area contributed by atoms with Crippen LogP contribution in [0.1, 0.15) is 38.5 Å². The summed E-state index contributed by atoms with van der Waals surface area (Å²) in [4.78, 5) is 16.4. The molecule has 1 heterocycles. The molecule has 27 heavy (non-hydrogen) atoms. The molecule has 1 saturated heterocycles. The Hall–Kier alpha value is -2.26. The fourth-order valence-corrected chi connectivity index (χ4v) is 4.23. The van der Waals surface area contributed by atoms with E-state index in [1.807, 2.05) is 18.2 Å². The molecule has 0 spiro atoms. The number of piperazine rings is 1. The highest BCUT2D eigenvalue weighted by atomic mass is 16.3. The van der Waals surface area contributed by atoms with E-state index in [-0.39, 0.29) is 18.4 Å². The summed E-state index contributed by atoms with van der Waals surface area (Å²) in [5, 5.41) is 21.2. The molecule has 1 aliphatic carbocycles. The van der Waals surface area contributed by atoms with Crippen LogP contribution in [0.2, 0.25) is 0 Å².